The van der Waals surface area contributed by atoms with Gasteiger partial charge in [0, 0.05) is 31.9 Å². The fraction of sp³-hybridized carbons (Fsp3) is 0.462. The molecule has 3 rings (SSSR count). The number of anilines is 1. The van der Waals surface area contributed by atoms with Gasteiger partial charge >= 0.3 is 5.97 Å². The third kappa shape index (κ3) is 7.38. The first-order valence-corrected chi connectivity index (χ1v) is 11.6. The Hall–Kier alpha value is -3.26. The molecule has 1 aliphatic heterocycles. The monoisotopic (exact) mass is 469 g/mol. The molecule has 1 heterocycles. The van der Waals surface area contributed by atoms with Crippen molar-refractivity contribution in [2.75, 3.05) is 44.7 Å². The summed E-state index contributed by atoms with van der Waals surface area (Å²) in [5.41, 5.74) is 1.40. The van der Waals surface area contributed by atoms with Gasteiger partial charge in [-0.3, -0.25) is 14.9 Å². The van der Waals surface area contributed by atoms with Crippen molar-refractivity contribution in [2.24, 2.45) is 0 Å². The van der Waals surface area contributed by atoms with Crippen molar-refractivity contribution in [1.29, 1.82) is 0 Å². The number of amides is 1. The summed E-state index contributed by atoms with van der Waals surface area (Å²) in [6, 6.07) is 14.1. The number of aromatic hydroxyl groups is 1. The van der Waals surface area contributed by atoms with E-state index in [1.807, 2.05) is 49.9 Å². The van der Waals surface area contributed by atoms with E-state index in [4.69, 9.17) is 9.47 Å². The summed E-state index contributed by atoms with van der Waals surface area (Å²) < 4.78 is 10.6. The zero-order valence-corrected chi connectivity index (χ0v) is 20.4. The minimum absolute atomic E-state index is 0.0500. The van der Waals surface area contributed by atoms with Gasteiger partial charge in [0.05, 0.1) is 19.7 Å². The second-order valence-electron chi connectivity index (χ2n) is 9.40. The van der Waals surface area contributed by atoms with Crippen molar-refractivity contribution in [1.82, 2.24) is 10.2 Å². The zero-order valence-electron chi connectivity index (χ0n) is 20.4. The molecule has 34 heavy (non-hydrogen) atoms. The van der Waals surface area contributed by atoms with Crippen LogP contribution in [-0.2, 0) is 20.7 Å². The number of methoxy groups -OCH3 is 1. The highest BCUT2D eigenvalue weighted by Crippen LogP contribution is 2.21. The smallest absolute Gasteiger partial charge is 0.320 e. The Balaban J connectivity index is 1.63. The van der Waals surface area contributed by atoms with Gasteiger partial charge in [0.25, 0.3) is 0 Å². The summed E-state index contributed by atoms with van der Waals surface area (Å²) in [5, 5.41) is 12.7. The van der Waals surface area contributed by atoms with Crippen molar-refractivity contribution in [3.8, 4) is 11.5 Å². The summed E-state index contributed by atoms with van der Waals surface area (Å²) >= 11 is 0. The van der Waals surface area contributed by atoms with E-state index >= 15 is 0 Å². The van der Waals surface area contributed by atoms with Gasteiger partial charge in [-0.05, 0) is 69.2 Å². The predicted octanol–water partition coefficient (Wildman–Crippen LogP) is 2.59. The van der Waals surface area contributed by atoms with Crippen molar-refractivity contribution in [2.45, 2.75) is 38.8 Å². The molecular weight excluding hydrogens is 434 g/mol. The first-order chi connectivity index (χ1) is 16.1. The van der Waals surface area contributed by atoms with E-state index < -0.39 is 17.6 Å². The molecule has 1 aliphatic rings. The van der Waals surface area contributed by atoms with E-state index in [1.54, 1.807) is 31.4 Å². The average molecular weight is 470 g/mol. The number of piperazine rings is 1. The molecule has 1 amide bonds. The molecule has 0 aromatic heterocycles. The van der Waals surface area contributed by atoms with Crippen LogP contribution in [0.1, 0.15) is 26.3 Å². The Labute approximate surface area is 201 Å². The van der Waals surface area contributed by atoms with Crippen LogP contribution in [0.15, 0.2) is 48.5 Å². The summed E-state index contributed by atoms with van der Waals surface area (Å²) in [6.45, 7) is 7.99. The lowest BCUT2D eigenvalue weighted by Crippen LogP contribution is -2.55. The molecule has 184 valence electrons. The number of hydrogen-bond donors (Lipinski definition) is 2. The van der Waals surface area contributed by atoms with E-state index in [9.17, 15) is 14.7 Å². The maximum atomic E-state index is 13.4. The van der Waals surface area contributed by atoms with E-state index in [0.29, 0.717) is 19.5 Å². The van der Waals surface area contributed by atoms with Crippen LogP contribution in [-0.4, -0.2) is 73.4 Å². The molecule has 0 bridgehead atoms. The standard InChI is InChI=1S/C26H35N3O5/c1-26(2,3)34-24(31)18-27-23(17-19-5-9-21(30)10-6-19)25(32)29-15-13-28(14-16-29)20-7-11-22(33-4)12-8-20/h5-12,23,27,30H,13-18H2,1-4H3. The molecule has 0 saturated carbocycles. The summed E-state index contributed by atoms with van der Waals surface area (Å²) in [4.78, 5) is 29.8. The van der Waals surface area contributed by atoms with Crippen LogP contribution in [0.25, 0.3) is 0 Å². The van der Waals surface area contributed by atoms with Crippen LogP contribution in [0.2, 0.25) is 0 Å². The van der Waals surface area contributed by atoms with Gasteiger partial charge in [0.2, 0.25) is 5.91 Å². The first kappa shape index (κ1) is 25.4. The Bertz CT molecular complexity index is 946. The highest BCUT2D eigenvalue weighted by Gasteiger charge is 2.29. The van der Waals surface area contributed by atoms with Crippen LogP contribution < -0.4 is 15.0 Å². The third-order valence-corrected chi connectivity index (χ3v) is 5.62. The summed E-state index contributed by atoms with van der Waals surface area (Å²) in [5.74, 6) is 0.528. The van der Waals surface area contributed by atoms with Gasteiger partial charge in [-0.15, -0.1) is 0 Å². The van der Waals surface area contributed by atoms with Crippen LogP contribution in [0.5, 0.6) is 11.5 Å². The van der Waals surface area contributed by atoms with Crippen molar-refractivity contribution >= 4 is 17.6 Å². The van der Waals surface area contributed by atoms with Crippen molar-refractivity contribution in [3.63, 3.8) is 0 Å². The lowest BCUT2D eigenvalue weighted by atomic mass is 10.0. The largest absolute Gasteiger partial charge is 0.508 e. The lowest BCUT2D eigenvalue weighted by molar-refractivity contribution is -0.153. The number of carbonyl (C=O) groups is 2. The number of carbonyl (C=O) groups excluding carboxylic acids is 2. The van der Waals surface area contributed by atoms with Gasteiger partial charge in [0.1, 0.15) is 17.1 Å². The van der Waals surface area contributed by atoms with Crippen LogP contribution in [0.3, 0.4) is 0 Å². The molecule has 1 fully saturated rings. The topological polar surface area (TPSA) is 91.3 Å². The first-order valence-electron chi connectivity index (χ1n) is 11.6. The van der Waals surface area contributed by atoms with Gasteiger partial charge in [-0.1, -0.05) is 12.1 Å². The van der Waals surface area contributed by atoms with Crippen molar-refractivity contribution in [3.05, 3.63) is 54.1 Å². The number of nitrogens with one attached hydrogen (secondary N) is 1. The molecule has 0 radical (unpaired) electrons. The van der Waals surface area contributed by atoms with Gasteiger partial charge < -0.3 is 24.4 Å². The molecular formula is C26H35N3O5. The number of phenolic OH excluding ortho intramolecular Hbond substituents is 1. The Morgan fingerprint density at radius 1 is 1.00 bits per heavy atom. The summed E-state index contributed by atoms with van der Waals surface area (Å²) in [6.07, 6.45) is 0.403. The SMILES string of the molecule is COc1ccc(N2CCN(C(=O)C(Cc3ccc(O)cc3)NCC(=O)OC(C)(C)C)CC2)cc1. The number of benzene rings is 2. The Morgan fingerprint density at radius 3 is 2.18 bits per heavy atom. The minimum Gasteiger partial charge on any atom is -0.508 e. The molecule has 8 nitrogen and oxygen atoms in total. The van der Waals surface area contributed by atoms with E-state index in [-0.39, 0.29) is 18.2 Å². The number of rotatable bonds is 8. The van der Waals surface area contributed by atoms with E-state index in [2.05, 4.69) is 10.2 Å². The fourth-order valence-electron chi connectivity index (χ4n) is 3.90. The molecule has 1 atom stereocenters. The number of esters is 1. The second-order valence-corrected chi connectivity index (χ2v) is 9.40. The van der Waals surface area contributed by atoms with Gasteiger partial charge in [-0.25, -0.2) is 0 Å². The number of phenols is 1. The lowest BCUT2D eigenvalue weighted by Gasteiger charge is -2.37. The molecule has 1 saturated heterocycles. The predicted molar refractivity (Wildman–Crippen MR) is 131 cm³/mol. The van der Waals surface area contributed by atoms with Crippen LogP contribution in [0.4, 0.5) is 5.69 Å². The normalized spacial score (nSPS) is 15.1. The maximum Gasteiger partial charge on any atom is 0.320 e. The van der Waals surface area contributed by atoms with Gasteiger partial charge in [-0.2, -0.15) is 0 Å². The quantitative estimate of drug-likeness (QED) is 0.574. The highest BCUT2D eigenvalue weighted by atomic mass is 16.6. The molecule has 2 aromatic rings. The molecule has 1 unspecified atom stereocenters. The Morgan fingerprint density at radius 2 is 1.62 bits per heavy atom. The van der Waals surface area contributed by atoms with Crippen LogP contribution >= 0.6 is 0 Å². The third-order valence-electron chi connectivity index (χ3n) is 5.62. The van der Waals surface area contributed by atoms with E-state index in [1.165, 1.54) is 0 Å². The highest BCUT2D eigenvalue weighted by molar-refractivity contribution is 5.83. The minimum atomic E-state index is -0.590. The molecule has 0 spiro atoms. The summed E-state index contributed by atoms with van der Waals surface area (Å²) in [7, 11) is 1.64. The molecule has 8 heteroatoms. The van der Waals surface area contributed by atoms with Gasteiger partial charge in [0.15, 0.2) is 0 Å². The number of nitrogens with zero attached hydrogens (tertiary/aromatic N) is 2. The Kier molecular flexibility index (Phi) is 8.39. The second kappa shape index (κ2) is 11.2. The zero-order chi connectivity index (χ0) is 24.7. The average Bonchev–Trinajstić information content (AvgIpc) is 2.81. The van der Waals surface area contributed by atoms with Crippen LogP contribution in [0, 0.1) is 0 Å². The molecule has 0 aliphatic carbocycles. The number of ether oxygens (including phenoxy) is 2. The molecule has 2 N–H and O–H groups in total. The van der Waals surface area contributed by atoms with Crippen molar-refractivity contribution < 1.29 is 24.2 Å². The number of hydrogen-bond acceptors (Lipinski definition) is 7. The maximum absolute atomic E-state index is 13.4. The fourth-order valence-corrected chi connectivity index (χ4v) is 3.90. The molecule has 2 aromatic carbocycles. The van der Waals surface area contributed by atoms with E-state index in [0.717, 1.165) is 30.1 Å².